The van der Waals surface area contributed by atoms with Crippen LogP contribution in [-0.2, 0) is 4.79 Å². The van der Waals surface area contributed by atoms with Gasteiger partial charge in [0.05, 0.1) is 12.2 Å². The molecule has 2 aromatic carbocycles. The van der Waals surface area contributed by atoms with Crippen molar-refractivity contribution >= 4 is 24.4 Å². The molecule has 0 radical (unpaired) electrons. The lowest BCUT2D eigenvalue weighted by atomic mass is 10.2. The number of ether oxygens (including phenoxy) is 1. The second-order valence-electron chi connectivity index (χ2n) is 5.39. The Morgan fingerprint density at radius 1 is 0.920 bits per heavy atom. The van der Waals surface area contributed by atoms with E-state index in [9.17, 15) is 9.59 Å². The number of benzene rings is 2. The van der Waals surface area contributed by atoms with E-state index in [1.54, 1.807) is 18.2 Å². The molecule has 0 bridgehead atoms. The van der Waals surface area contributed by atoms with Crippen molar-refractivity contribution in [2.75, 3.05) is 19.7 Å². The highest BCUT2D eigenvalue weighted by atomic mass is 32.1. The summed E-state index contributed by atoms with van der Waals surface area (Å²) in [4.78, 5) is 24.3. The van der Waals surface area contributed by atoms with Gasteiger partial charge in [0.15, 0.2) is 0 Å². The standard InChI is InChI=1S/C19H22N2O3S/c22-18(11-6-14-24-15-7-2-1-3-8-15)20-12-13-21-19(23)16-9-4-5-10-17(16)25/h1-5,7-10,25H,6,11-14H2,(H,20,22)(H,21,23). The Bertz CT molecular complexity index is 692. The molecule has 6 heteroatoms. The molecule has 132 valence electrons. The van der Waals surface area contributed by atoms with Gasteiger partial charge in [-0.3, -0.25) is 9.59 Å². The lowest BCUT2D eigenvalue weighted by molar-refractivity contribution is -0.121. The summed E-state index contributed by atoms with van der Waals surface area (Å²) in [5, 5.41) is 5.53. The number of amides is 2. The van der Waals surface area contributed by atoms with Gasteiger partial charge in [0.25, 0.3) is 5.91 Å². The number of rotatable bonds is 9. The zero-order chi connectivity index (χ0) is 17.9. The molecule has 0 atom stereocenters. The Kier molecular flexibility index (Phi) is 7.85. The lowest BCUT2D eigenvalue weighted by Crippen LogP contribution is -2.34. The maximum Gasteiger partial charge on any atom is 0.252 e. The molecular weight excluding hydrogens is 336 g/mol. The van der Waals surface area contributed by atoms with Crippen molar-refractivity contribution < 1.29 is 14.3 Å². The predicted molar refractivity (Wildman–Crippen MR) is 100 cm³/mol. The summed E-state index contributed by atoms with van der Waals surface area (Å²) in [7, 11) is 0. The molecule has 0 heterocycles. The van der Waals surface area contributed by atoms with Crippen LogP contribution in [0.5, 0.6) is 5.75 Å². The fourth-order valence-corrected chi connectivity index (χ4v) is 2.43. The summed E-state index contributed by atoms with van der Waals surface area (Å²) in [6.07, 6.45) is 1.03. The molecule has 0 saturated carbocycles. The van der Waals surface area contributed by atoms with E-state index in [0.29, 0.717) is 43.0 Å². The van der Waals surface area contributed by atoms with E-state index in [-0.39, 0.29) is 11.8 Å². The summed E-state index contributed by atoms with van der Waals surface area (Å²) < 4.78 is 5.53. The molecule has 0 aliphatic heterocycles. The zero-order valence-electron chi connectivity index (χ0n) is 13.9. The second-order valence-corrected chi connectivity index (χ2v) is 5.87. The number of nitrogens with one attached hydrogen (secondary N) is 2. The van der Waals surface area contributed by atoms with Crippen molar-refractivity contribution in [1.29, 1.82) is 0 Å². The van der Waals surface area contributed by atoms with Crippen molar-refractivity contribution in [3.63, 3.8) is 0 Å². The minimum absolute atomic E-state index is 0.0551. The number of para-hydroxylation sites is 1. The SMILES string of the molecule is O=C(CCCOc1ccccc1)NCCNC(=O)c1ccccc1S. The second kappa shape index (κ2) is 10.4. The first-order chi connectivity index (χ1) is 12.2. The predicted octanol–water partition coefficient (Wildman–Crippen LogP) is 2.68. The van der Waals surface area contributed by atoms with Crippen LogP contribution in [0.4, 0.5) is 0 Å². The van der Waals surface area contributed by atoms with Crippen LogP contribution in [0.1, 0.15) is 23.2 Å². The van der Waals surface area contributed by atoms with Gasteiger partial charge in [0.2, 0.25) is 5.91 Å². The van der Waals surface area contributed by atoms with Gasteiger partial charge in [-0.1, -0.05) is 30.3 Å². The topological polar surface area (TPSA) is 67.4 Å². The number of hydrogen-bond acceptors (Lipinski definition) is 4. The molecule has 0 aliphatic carbocycles. The van der Waals surface area contributed by atoms with Gasteiger partial charge in [-0.2, -0.15) is 0 Å². The van der Waals surface area contributed by atoms with Gasteiger partial charge in [-0.05, 0) is 30.7 Å². The molecule has 2 N–H and O–H groups in total. The quantitative estimate of drug-likeness (QED) is 0.477. The normalized spacial score (nSPS) is 10.1. The van der Waals surface area contributed by atoms with E-state index in [1.165, 1.54) is 0 Å². The van der Waals surface area contributed by atoms with E-state index < -0.39 is 0 Å². The highest BCUT2D eigenvalue weighted by Crippen LogP contribution is 2.12. The van der Waals surface area contributed by atoms with Crippen molar-refractivity contribution in [1.82, 2.24) is 10.6 Å². The third-order valence-corrected chi connectivity index (χ3v) is 3.83. The van der Waals surface area contributed by atoms with Crippen molar-refractivity contribution in [2.45, 2.75) is 17.7 Å². The monoisotopic (exact) mass is 358 g/mol. The molecule has 5 nitrogen and oxygen atoms in total. The molecule has 0 spiro atoms. The Hall–Kier alpha value is -2.47. The van der Waals surface area contributed by atoms with Crippen LogP contribution in [0.15, 0.2) is 59.5 Å². The largest absolute Gasteiger partial charge is 0.494 e. The molecule has 2 rings (SSSR count). The van der Waals surface area contributed by atoms with Gasteiger partial charge in [0, 0.05) is 24.4 Å². The van der Waals surface area contributed by atoms with Crippen LogP contribution in [0.2, 0.25) is 0 Å². The lowest BCUT2D eigenvalue weighted by Gasteiger charge is -2.09. The van der Waals surface area contributed by atoms with Crippen molar-refractivity contribution in [3.05, 3.63) is 60.2 Å². The Labute approximate surface area is 153 Å². The van der Waals surface area contributed by atoms with Crippen LogP contribution in [0.3, 0.4) is 0 Å². The summed E-state index contributed by atoms with van der Waals surface area (Å²) in [6.45, 7) is 1.25. The van der Waals surface area contributed by atoms with Crippen LogP contribution >= 0.6 is 12.6 Å². The van der Waals surface area contributed by atoms with E-state index >= 15 is 0 Å². The van der Waals surface area contributed by atoms with Crippen LogP contribution in [-0.4, -0.2) is 31.5 Å². The molecule has 0 aromatic heterocycles. The minimum Gasteiger partial charge on any atom is -0.494 e. The summed E-state index contributed by atoms with van der Waals surface area (Å²) in [5.74, 6) is 0.548. The molecule has 2 aromatic rings. The molecule has 0 unspecified atom stereocenters. The Balaban J connectivity index is 1.55. The fourth-order valence-electron chi connectivity index (χ4n) is 2.17. The number of carbonyl (C=O) groups excluding carboxylic acids is 2. The maximum atomic E-state index is 12.0. The van der Waals surface area contributed by atoms with E-state index in [1.807, 2.05) is 36.4 Å². The van der Waals surface area contributed by atoms with Crippen LogP contribution < -0.4 is 15.4 Å². The molecule has 25 heavy (non-hydrogen) atoms. The summed E-state index contributed by atoms with van der Waals surface area (Å²) >= 11 is 4.25. The first kappa shape index (κ1) is 18.9. The molecule has 0 fully saturated rings. The van der Waals surface area contributed by atoms with E-state index in [0.717, 1.165) is 5.75 Å². The average molecular weight is 358 g/mol. The maximum absolute atomic E-state index is 12.0. The first-order valence-corrected chi connectivity index (χ1v) is 8.62. The molecular formula is C19H22N2O3S. The van der Waals surface area contributed by atoms with Crippen molar-refractivity contribution in [2.24, 2.45) is 0 Å². The summed E-state index contributed by atoms with van der Waals surface area (Å²) in [5.41, 5.74) is 0.523. The number of thiol groups is 1. The molecule has 0 aliphatic rings. The highest BCUT2D eigenvalue weighted by Gasteiger charge is 2.08. The van der Waals surface area contributed by atoms with Gasteiger partial charge in [-0.25, -0.2) is 0 Å². The minimum atomic E-state index is -0.198. The third-order valence-electron chi connectivity index (χ3n) is 3.44. The van der Waals surface area contributed by atoms with E-state index in [4.69, 9.17) is 4.74 Å². The average Bonchev–Trinajstić information content (AvgIpc) is 2.63. The number of carbonyl (C=O) groups is 2. The van der Waals surface area contributed by atoms with Gasteiger partial charge < -0.3 is 15.4 Å². The van der Waals surface area contributed by atoms with Crippen LogP contribution in [0, 0.1) is 0 Å². The zero-order valence-corrected chi connectivity index (χ0v) is 14.8. The Morgan fingerprint density at radius 2 is 1.60 bits per heavy atom. The summed E-state index contributed by atoms with van der Waals surface area (Å²) in [6, 6.07) is 16.6. The third kappa shape index (κ3) is 6.89. The van der Waals surface area contributed by atoms with Gasteiger partial charge in [0.1, 0.15) is 5.75 Å². The smallest absolute Gasteiger partial charge is 0.252 e. The fraction of sp³-hybridized carbons (Fsp3) is 0.263. The molecule has 0 saturated heterocycles. The van der Waals surface area contributed by atoms with Crippen LogP contribution in [0.25, 0.3) is 0 Å². The van der Waals surface area contributed by atoms with E-state index in [2.05, 4.69) is 23.3 Å². The highest BCUT2D eigenvalue weighted by molar-refractivity contribution is 7.80. The number of hydrogen-bond donors (Lipinski definition) is 3. The van der Waals surface area contributed by atoms with Crippen molar-refractivity contribution in [3.8, 4) is 5.75 Å². The Morgan fingerprint density at radius 3 is 2.36 bits per heavy atom. The van der Waals surface area contributed by atoms with Gasteiger partial charge in [-0.15, -0.1) is 12.6 Å². The first-order valence-electron chi connectivity index (χ1n) is 8.17. The molecule has 2 amide bonds. The van der Waals surface area contributed by atoms with Gasteiger partial charge >= 0.3 is 0 Å².